The van der Waals surface area contributed by atoms with E-state index in [4.69, 9.17) is 5.11 Å². The summed E-state index contributed by atoms with van der Waals surface area (Å²) in [6, 6.07) is 0. The molecule has 0 saturated heterocycles. The van der Waals surface area contributed by atoms with Crippen LogP contribution in [-0.4, -0.2) is 11.2 Å². The predicted molar refractivity (Wildman–Crippen MR) is 22.0 cm³/mol. The molecule has 32 valence electrons. The van der Waals surface area contributed by atoms with Gasteiger partial charge in [-0.05, 0) is 13.3 Å². The van der Waals surface area contributed by atoms with Gasteiger partial charge in [-0.2, -0.15) is 0 Å². The van der Waals surface area contributed by atoms with E-state index in [1.54, 1.807) is 6.92 Å². The molecule has 1 unspecified atom stereocenters. The third-order valence-corrected chi connectivity index (χ3v) is 0.591. The molecule has 0 bridgehead atoms. The number of rotatable bonds is 1. The second-order valence-corrected chi connectivity index (χ2v) is 1.26. The summed E-state index contributed by atoms with van der Waals surface area (Å²) < 4.78 is 0. The van der Waals surface area contributed by atoms with Crippen LogP contribution in [-0.2, 0) is 0 Å². The monoisotopic (exact) mass is 97.1 g/mol. The molecular weight excluding hydrogens is 87.0 g/mol. The summed E-state index contributed by atoms with van der Waals surface area (Å²) >= 11 is 0. The summed E-state index contributed by atoms with van der Waals surface area (Å²) in [6.45, 7) is 3.73. The van der Waals surface area contributed by atoms with Crippen LogP contribution in [0.15, 0.2) is 0 Å². The zero-order chi connectivity index (χ0) is 4.28. The van der Waals surface area contributed by atoms with Gasteiger partial charge in [0.05, 0.1) is 6.10 Å². The molecule has 0 fully saturated rings. The van der Waals surface area contributed by atoms with E-state index in [0.29, 0.717) is 0 Å². The van der Waals surface area contributed by atoms with E-state index in [1.807, 2.05) is 6.92 Å². The van der Waals surface area contributed by atoms with Gasteiger partial charge in [0.25, 0.3) is 0 Å². The van der Waals surface area contributed by atoms with Gasteiger partial charge in [-0.15, -0.1) is 0 Å². The molecule has 1 N–H and O–H groups in total. The molecule has 0 aliphatic rings. The molecule has 0 aromatic heterocycles. The first kappa shape index (κ1) is 10.0. The average Bonchev–Trinajstić information content (AvgIpc) is 1.38. The van der Waals surface area contributed by atoms with Gasteiger partial charge in [-0.25, -0.2) is 0 Å². The topological polar surface area (TPSA) is 20.2 Å². The fourth-order valence-corrected chi connectivity index (χ4v) is 0. The Labute approximate surface area is 61.0 Å². The van der Waals surface area contributed by atoms with Crippen molar-refractivity contribution < 1.29 is 34.7 Å². The Morgan fingerprint density at radius 3 is 1.83 bits per heavy atom. The fraction of sp³-hybridized carbons (Fsp3) is 1.00. The van der Waals surface area contributed by atoms with Crippen molar-refractivity contribution in [3.63, 3.8) is 0 Å². The van der Waals surface area contributed by atoms with E-state index in [0.717, 1.165) is 6.42 Å². The first-order valence-electron chi connectivity index (χ1n) is 1.95. The van der Waals surface area contributed by atoms with E-state index in [1.165, 1.54) is 0 Å². The van der Waals surface area contributed by atoms with Gasteiger partial charge in [-0.3, -0.25) is 0 Å². The van der Waals surface area contributed by atoms with Gasteiger partial charge < -0.3 is 5.11 Å². The summed E-state index contributed by atoms with van der Waals surface area (Å²) in [5, 5.41) is 8.36. The number of hydrogen-bond acceptors (Lipinski definition) is 1. The summed E-state index contributed by atoms with van der Waals surface area (Å²) in [5.41, 5.74) is 0. The van der Waals surface area contributed by atoms with Crippen LogP contribution in [0, 0.1) is 0 Å². The van der Waals surface area contributed by atoms with Crippen molar-refractivity contribution in [2.45, 2.75) is 26.4 Å². The Morgan fingerprint density at radius 1 is 1.67 bits per heavy atom. The Morgan fingerprint density at radius 2 is 1.83 bits per heavy atom. The van der Waals surface area contributed by atoms with E-state index in [9.17, 15) is 0 Å². The van der Waals surface area contributed by atoms with E-state index >= 15 is 0 Å². The number of aliphatic hydroxyl groups is 1. The third kappa shape index (κ3) is 8.88. The van der Waals surface area contributed by atoms with Crippen molar-refractivity contribution in [1.29, 1.82) is 0 Å². The zero-order valence-corrected chi connectivity index (χ0v) is 6.73. The summed E-state index contributed by atoms with van der Waals surface area (Å²) in [6.07, 6.45) is 0.745. The van der Waals surface area contributed by atoms with Gasteiger partial charge in [0.15, 0.2) is 0 Å². The molecule has 1 atom stereocenters. The fourth-order valence-electron chi connectivity index (χ4n) is 0. The SMILES string of the molecule is CCC(C)O.[Na+]. The van der Waals surface area contributed by atoms with Crippen molar-refractivity contribution in [3.8, 4) is 0 Å². The molecule has 0 saturated carbocycles. The quantitative estimate of drug-likeness (QED) is 0.367. The van der Waals surface area contributed by atoms with E-state index < -0.39 is 0 Å². The molecule has 0 aromatic carbocycles. The average molecular weight is 97.1 g/mol. The van der Waals surface area contributed by atoms with Crippen molar-refractivity contribution in [2.24, 2.45) is 0 Å². The minimum Gasteiger partial charge on any atom is -0.393 e. The Hall–Kier alpha value is 0.960. The summed E-state index contributed by atoms with van der Waals surface area (Å²) in [4.78, 5) is 0. The van der Waals surface area contributed by atoms with Gasteiger partial charge in [-0.1, -0.05) is 6.92 Å². The van der Waals surface area contributed by atoms with Crippen LogP contribution in [0.25, 0.3) is 0 Å². The van der Waals surface area contributed by atoms with Gasteiger partial charge in [0, 0.05) is 0 Å². The van der Waals surface area contributed by atoms with Crippen LogP contribution in [0.2, 0.25) is 0 Å². The largest absolute Gasteiger partial charge is 1.00 e. The first-order chi connectivity index (χ1) is 2.27. The molecule has 1 nitrogen and oxygen atoms in total. The molecule has 2 heteroatoms. The maximum Gasteiger partial charge on any atom is 1.00 e. The van der Waals surface area contributed by atoms with Gasteiger partial charge >= 0.3 is 29.6 Å². The van der Waals surface area contributed by atoms with Crippen molar-refractivity contribution in [2.75, 3.05) is 0 Å². The molecule has 0 heterocycles. The van der Waals surface area contributed by atoms with Crippen molar-refractivity contribution in [3.05, 3.63) is 0 Å². The standard InChI is InChI=1S/C4H10O.Na/c1-3-4(2)5;/h4-5H,3H2,1-2H3;/q;+1. The first-order valence-corrected chi connectivity index (χ1v) is 1.95. The van der Waals surface area contributed by atoms with Gasteiger partial charge in [0.1, 0.15) is 0 Å². The molecule has 0 rings (SSSR count). The number of hydrogen-bond donors (Lipinski definition) is 1. The van der Waals surface area contributed by atoms with Gasteiger partial charge in [0.2, 0.25) is 0 Å². The van der Waals surface area contributed by atoms with Crippen LogP contribution in [0.4, 0.5) is 0 Å². The van der Waals surface area contributed by atoms with Crippen LogP contribution in [0.1, 0.15) is 20.3 Å². The zero-order valence-electron chi connectivity index (χ0n) is 4.73. The smallest absolute Gasteiger partial charge is 0.393 e. The number of aliphatic hydroxyl groups excluding tert-OH is 1. The molecule has 6 heavy (non-hydrogen) atoms. The van der Waals surface area contributed by atoms with E-state index in [2.05, 4.69) is 0 Å². The van der Waals surface area contributed by atoms with Crippen molar-refractivity contribution in [1.82, 2.24) is 0 Å². The van der Waals surface area contributed by atoms with Crippen LogP contribution in [0.3, 0.4) is 0 Å². The molecule has 0 amide bonds. The third-order valence-electron chi connectivity index (χ3n) is 0.591. The summed E-state index contributed by atoms with van der Waals surface area (Å²) in [7, 11) is 0. The Balaban J connectivity index is 0. The Bertz CT molecular complexity index is 21.5. The van der Waals surface area contributed by atoms with E-state index in [-0.39, 0.29) is 35.7 Å². The van der Waals surface area contributed by atoms with Crippen LogP contribution in [0.5, 0.6) is 0 Å². The van der Waals surface area contributed by atoms with Crippen LogP contribution >= 0.6 is 0 Å². The Kier molecular flexibility index (Phi) is 9.98. The minimum absolute atomic E-state index is 0. The maximum absolute atomic E-state index is 8.36. The molecule has 0 radical (unpaired) electrons. The second kappa shape index (κ2) is 5.96. The molecule has 0 aliphatic heterocycles. The molecule has 0 spiro atoms. The predicted octanol–water partition coefficient (Wildman–Crippen LogP) is -2.22. The minimum atomic E-state index is -0.116. The molecule has 0 aromatic rings. The molecule has 0 aliphatic carbocycles. The normalized spacial score (nSPS) is 12.5. The van der Waals surface area contributed by atoms with Crippen LogP contribution < -0.4 is 29.6 Å². The molecular formula is C4H10NaO+. The maximum atomic E-state index is 8.36. The summed E-state index contributed by atoms with van der Waals surface area (Å²) in [5.74, 6) is 0. The second-order valence-electron chi connectivity index (χ2n) is 1.26. The van der Waals surface area contributed by atoms with Crippen molar-refractivity contribution >= 4 is 0 Å².